The maximum atomic E-state index is 14.4. The summed E-state index contributed by atoms with van der Waals surface area (Å²) < 4.78 is 32.4. The van der Waals surface area contributed by atoms with Crippen LogP contribution >= 0.6 is 0 Å². The number of nitrogens with zero attached hydrogens (tertiary/aromatic N) is 3. The first-order valence-electron chi connectivity index (χ1n) is 19.6. The average molecular weight is 802 g/mol. The van der Waals surface area contributed by atoms with Crippen LogP contribution in [0.25, 0.3) is 0 Å². The molecule has 6 unspecified atom stereocenters. The van der Waals surface area contributed by atoms with E-state index in [0.717, 1.165) is 9.80 Å². The Hall–Kier alpha value is -5.59. The second kappa shape index (κ2) is 20.2. The molecule has 1 fully saturated rings. The number of benzene rings is 3. The molecule has 4 rings (SSSR count). The smallest absolute Gasteiger partial charge is 0.329 e. The summed E-state index contributed by atoms with van der Waals surface area (Å²) in [7, 11) is 4.16. The molecule has 3 amide bonds. The third-order valence-electron chi connectivity index (χ3n) is 10.4. The number of amides is 3. The molecule has 6 atom stereocenters. The van der Waals surface area contributed by atoms with E-state index in [2.05, 4.69) is 0 Å². The Labute approximate surface area is 340 Å². The van der Waals surface area contributed by atoms with E-state index < -0.39 is 95.6 Å². The van der Waals surface area contributed by atoms with Crippen LogP contribution in [0.3, 0.4) is 0 Å². The summed E-state index contributed by atoms with van der Waals surface area (Å²) in [6.07, 6.45) is -4.48. The molecule has 312 valence electrons. The first-order chi connectivity index (χ1) is 27.4. The molecule has 1 saturated heterocycles. The number of hydrogen-bond donors (Lipinski definition) is 0. The molecule has 0 N–H and O–H groups in total. The lowest BCUT2D eigenvalue weighted by Crippen LogP contribution is -2.56. The summed E-state index contributed by atoms with van der Waals surface area (Å²) >= 11 is 0. The maximum absolute atomic E-state index is 14.4. The first kappa shape index (κ1) is 45.1. The van der Waals surface area contributed by atoms with Crippen molar-refractivity contribution < 1.29 is 47.4 Å². The Balaban J connectivity index is 1.89. The van der Waals surface area contributed by atoms with Crippen LogP contribution in [0.2, 0.25) is 0 Å². The molecule has 1 aliphatic heterocycles. The van der Waals surface area contributed by atoms with Gasteiger partial charge in [-0.1, -0.05) is 114 Å². The SMILES string of the molecule is CC(C)C1OC(=O)C(Cc2cccc(F)c2)N(C)C(=O)C(C(C)C)OC(=O)C(Cc2ccccc2)N(C)C(=O)C(C(C)C)OC(=O)C(Cc2ccccc2)N(C)C1=O. The summed E-state index contributed by atoms with van der Waals surface area (Å²) in [5, 5.41) is 0. The van der Waals surface area contributed by atoms with E-state index >= 15 is 0 Å². The molecule has 1 heterocycles. The highest BCUT2D eigenvalue weighted by atomic mass is 19.1. The van der Waals surface area contributed by atoms with Crippen LogP contribution in [0, 0.1) is 23.6 Å². The number of esters is 3. The average Bonchev–Trinajstić information content (AvgIpc) is 3.19. The van der Waals surface area contributed by atoms with Gasteiger partial charge < -0.3 is 28.9 Å². The van der Waals surface area contributed by atoms with E-state index in [-0.39, 0.29) is 19.3 Å². The van der Waals surface area contributed by atoms with Crippen molar-refractivity contribution >= 4 is 35.6 Å². The second-order valence-electron chi connectivity index (χ2n) is 15.9. The highest BCUT2D eigenvalue weighted by molar-refractivity contribution is 5.94. The monoisotopic (exact) mass is 801 g/mol. The van der Waals surface area contributed by atoms with Gasteiger partial charge in [-0.2, -0.15) is 0 Å². The molecule has 3 aromatic rings. The fourth-order valence-corrected chi connectivity index (χ4v) is 6.79. The molecule has 58 heavy (non-hydrogen) atoms. The third-order valence-corrected chi connectivity index (χ3v) is 10.4. The van der Waals surface area contributed by atoms with Gasteiger partial charge in [0.2, 0.25) is 0 Å². The van der Waals surface area contributed by atoms with Gasteiger partial charge in [-0.25, -0.2) is 18.8 Å². The summed E-state index contributed by atoms with van der Waals surface area (Å²) in [5.41, 5.74) is 1.74. The lowest BCUT2D eigenvalue weighted by molar-refractivity contribution is -0.179. The number of carbonyl (C=O) groups excluding carboxylic acids is 6. The summed E-state index contributed by atoms with van der Waals surface area (Å²) in [4.78, 5) is 89.7. The van der Waals surface area contributed by atoms with E-state index in [4.69, 9.17) is 14.2 Å². The number of carbonyl (C=O) groups is 6. The second-order valence-corrected chi connectivity index (χ2v) is 15.9. The molecule has 12 nitrogen and oxygen atoms in total. The summed E-state index contributed by atoms with van der Waals surface area (Å²) in [6, 6.07) is 19.4. The topological polar surface area (TPSA) is 140 Å². The van der Waals surface area contributed by atoms with Crippen molar-refractivity contribution in [3.8, 4) is 0 Å². The van der Waals surface area contributed by atoms with Gasteiger partial charge in [-0.15, -0.1) is 0 Å². The van der Waals surface area contributed by atoms with E-state index in [1.54, 1.807) is 108 Å². The van der Waals surface area contributed by atoms with Crippen molar-refractivity contribution in [2.24, 2.45) is 17.8 Å². The van der Waals surface area contributed by atoms with Crippen LogP contribution in [-0.4, -0.2) is 108 Å². The Morgan fingerprint density at radius 3 is 1.05 bits per heavy atom. The number of likely N-dealkylation sites (N-methyl/N-ethyl adjacent to an activating group) is 3. The molecule has 13 heteroatoms. The van der Waals surface area contributed by atoms with Crippen LogP contribution in [0.4, 0.5) is 4.39 Å². The predicted molar refractivity (Wildman–Crippen MR) is 214 cm³/mol. The Kier molecular flexibility index (Phi) is 15.7. The minimum absolute atomic E-state index is 0.00545. The Morgan fingerprint density at radius 2 is 0.759 bits per heavy atom. The lowest BCUT2D eigenvalue weighted by Gasteiger charge is -2.37. The molecule has 0 saturated carbocycles. The van der Waals surface area contributed by atoms with E-state index in [1.165, 1.54) is 44.2 Å². The Bertz CT molecular complexity index is 1860. The van der Waals surface area contributed by atoms with Crippen molar-refractivity contribution in [1.82, 2.24) is 14.7 Å². The van der Waals surface area contributed by atoms with Gasteiger partial charge >= 0.3 is 17.9 Å². The van der Waals surface area contributed by atoms with Crippen molar-refractivity contribution in [2.45, 2.75) is 97.2 Å². The minimum atomic E-state index is -1.44. The normalized spacial score (nSPS) is 23.5. The van der Waals surface area contributed by atoms with E-state index in [1.807, 2.05) is 0 Å². The van der Waals surface area contributed by atoms with E-state index in [0.29, 0.717) is 16.7 Å². The van der Waals surface area contributed by atoms with Gasteiger partial charge in [0.05, 0.1) is 0 Å². The van der Waals surface area contributed by atoms with Crippen molar-refractivity contribution in [1.29, 1.82) is 0 Å². The van der Waals surface area contributed by atoms with Crippen LogP contribution in [0.15, 0.2) is 84.9 Å². The first-order valence-corrected chi connectivity index (χ1v) is 19.6. The largest absolute Gasteiger partial charge is 0.450 e. The van der Waals surface area contributed by atoms with Gasteiger partial charge in [-0.3, -0.25) is 14.4 Å². The zero-order chi connectivity index (χ0) is 42.8. The standard InChI is InChI=1S/C45H56FN3O9/c1-27(2)37-40(50)47(7)35(25-31-19-14-11-15-20-31)44(54)57-39(29(5)6)42(52)49(9)36(26-32-21-16-22-33(46)23-32)45(55)58-38(28(3)4)41(51)48(8)34(43(53)56-37)24-30-17-12-10-13-18-30/h10-23,27-29,34-39H,24-26H2,1-9H3. The Morgan fingerprint density at radius 1 is 0.466 bits per heavy atom. The van der Waals surface area contributed by atoms with Crippen molar-refractivity contribution in [2.75, 3.05) is 21.1 Å². The fourth-order valence-electron chi connectivity index (χ4n) is 6.79. The highest BCUT2D eigenvalue weighted by Gasteiger charge is 2.44. The van der Waals surface area contributed by atoms with Crippen molar-refractivity contribution in [3.05, 3.63) is 107 Å². The van der Waals surface area contributed by atoms with Crippen LogP contribution in [0.1, 0.15) is 58.2 Å². The van der Waals surface area contributed by atoms with Crippen molar-refractivity contribution in [3.63, 3.8) is 0 Å². The molecule has 0 spiro atoms. The molecular formula is C45H56FN3O9. The fraction of sp³-hybridized carbons (Fsp3) is 0.467. The minimum Gasteiger partial charge on any atom is -0.450 e. The van der Waals surface area contributed by atoms with Crippen LogP contribution in [0.5, 0.6) is 0 Å². The number of halogens is 1. The zero-order valence-electron chi connectivity index (χ0n) is 34.8. The number of rotatable bonds is 9. The van der Waals surface area contributed by atoms with Crippen LogP contribution < -0.4 is 0 Å². The van der Waals surface area contributed by atoms with Gasteiger partial charge in [0.25, 0.3) is 17.7 Å². The summed E-state index contributed by atoms with van der Waals surface area (Å²) in [6.45, 7) is 10.1. The maximum Gasteiger partial charge on any atom is 0.329 e. The summed E-state index contributed by atoms with van der Waals surface area (Å²) in [5.74, 6) is -7.28. The van der Waals surface area contributed by atoms with Gasteiger partial charge in [-0.05, 0) is 46.6 Å². The van der Waals surface area contributed by atoms with Gasteiger partial charge in [0, 0.05) is 40.4 Å². The quantitative estimate of drug-likeness (QED) is 0.215. The van der Waals surface area contributed by atoms with Crippen LogP contribution in [-0.2, 0) is 62.2 Å². The molecule has 0 bridgehead atoms. The molecule has 3 aromatic carbocycles. The van der Waals surface area contributed by atoms with E-state index in [9.17, 15) is 33.2 Å². The molecule has 0 aliphatic carbocycles. The van der Waals surface area contributed by atoms with Gasteiger partial charge in [0.15, 0.2) is 18.3 Å². The number of cyclic esters (lactones) is 3. The number of ether oxygens (including phenoxy) is 3. The molecule has 0 radical (unpaired) electrons. The lowest BCUT2D eigenvalue weighted by atomic mass is 9.99. The highest BCUT2D eigenvalue weighted by Crippen LogP contribution is 2.24. The number of hydrogen-bond acceptors (Lipinski definition) is 9. The zero-order valence-corrected chi connectivity index (χ0v) is 34.8. The molecule has 1 aliphatic rings. The third kappa shape index (κ3) is 11.3. The van der Waals surface area contributed by atoms with Gasteiger partial charge in [0.1, 0.15) is 23.9 Å². The molecular weight excluding hydrogens is 746 g/mol. The predicted octanol–water partition coefficient (Wildman–Crippen LogP) is 5.05. The molecule has 0 aromatic heterocycles.